The van der Waals surface area contributed by atoms with Gasteiger partial charge in [0, 0.05) is 47.2 Å². The van der Waals surface area contributed by atoms with E-state index in [1.807, 2.05) is 32.1 Å². The number of carbonyl (C=O) groups excluding carboxylic acids is 1. The summed E-state index contributed by atoms with van der Waals surface area (Å²) in [6.07, 6.45) is 14.7. The fourth-order valence-corrected chi connectivity index (χ4v) is 8.59. The molecule has 4 saturated carbocycles. The third-order valence-electron chi connectivity index (χ3n) is 9.10. The maximum Gasteiger partial charge on any atom is 0.226 e. The highest BCUT2D eigenvalue weighted by molar-refractivity contribution is 14.1. The van der Waals surface area contributed by atoms with Crippen LogP contribution in [0.3, 0.4) is 0 Å². The van der Waals surface area contributed by atoms with Crippen molar-refractivity contribution in [1.82, 2.24) is 15.3 Å². The second kappa shape index (κ2) is 11.5. The highest BCUT2D eigenvalue weighted by Gasteiger charge is 2.54. The lowest BCUT2D eigenvalue weighted by molar-refractivity contribution is -0.146. The number of halogens is 2. The van der Waals surface area contributed by atoms with Crippen molar-refractivity contribution >= 4 is 56.7 Å². The summed E-state index contributed by atoms with van der Waals surface area (Å²) < 4.78 is 7.21. The van der Waals surface area contributed by atoms with Crippen molar-refractivity contribution in [1.29, 1.82) is 0 Å². The van der Waals surface area contributed by atoms with Crippen molar-refractivity contribution in [2.45, 2.75) is 65.5 Å². The minimum absolute atomic E-state index is 0.180. The SMILES string of the molecule is C/C=C\N(CI)c1cc(C)nc2c(OCc3c(Cl)cncc3CNC(=O)C34CC5CC(CC(C5)C3)C4)cccc12. The van der Waals surface area contributed by atoms with Crippen LogP contribution in [0.5, 0.6) is 5.75 Å². The molecular weight excluding hydrogens is 635 g/mol. The molecule has 210 valence electrons. The number of pyridine rings is 2. The number of anilines is 1. The second-order valence-electron chi connectivity index (χ2n) is 11.9. The predicted octanol–water partition coefficient (Wildman–Crippen LogP) is 7.74. The Morgan fingerprint density at radius 3 is 2.60 bits per heavy atom. The third kappa shape index (κ3) is 5.31. The second-order valence-corrected chi connectivity index (χ2v) is 13.0. The van der Waals surface area contributed by atoms with Crippen LogP contribution in [0.4, 0.5) is 5.69 Å². The number of para-hydroxylation sites is 1. The number of ether oxygens (including phenoxy) is 1. The average molecular weight is 671 g/mol. The number of amides is 1. The van der Waals surface area contributed by atoms with Gasteiger partial charge in [-0.2, -0.15) is 0 Å². The van der Waals surface area contributed by atoms with Crippen LogP contribution in [0.15, 0.2) is 48.9 Å². The number of aromatic nitrogens is 2. The highest BCUT2D eigenvalue weighted by atomic mass is 127. The number of hydrogen-bond donors (Lipinski definition) is 1. The number of aryl methyl sites for hydroxylation is 1. The molecule has 4 aliphatic carbocycles. The van der Waals surface area contributed by atoms with Crippen molar-refractivity contribution < 1.29 is 9.53 Å². The number of nitrogens with one attached hydrogen (secondary N) is 1. The van der Waals surface area contributed by atoms with E-state index in [2.05, 4.69) is 56.1 Å². The molecule has 0 unspecified atom stereocenters. The van der Waals surface area contributed by atoms with Crippen LogP contribution in [-0.4, -0.2) is 20.4 Å². The topological polar surface area (TPSA) is 67.3 Å². The van der Waals surface area contributed by atoms with E-state index < -0.39 is 0 Å². The Morgan fingerprint density at radius 1 is 1.20 bits per heavy atom. The molecular formula is C32H36ClIN4O2. The third-order valence-corrected chi connectivity index (χ3v) is 10.2. The largest absolute Gasteiger partial charge is 0.487 e. The zero-order valence-electron chi connectivity index (χ0n) is 23.1. The molecule has 3 aromatic rings. The first kappa shape index (κ1) is 27.8. The van der Waals surface area contributed by atoms with Crippen molar-refractivity contribution in [2.24, 2.45) is 23.2 Å². The van der Waals surface area contributed by atoms with Gasteiger partial charge in [-0.1, -0.05) is 52.4 Å². The van der Waals surface area contributed by atoms with Crippen LogP contribution < -0.4 is 15.0 Å². The van der Waals surface area contributed by atoms with Crippen LogP contribution in [-0.2, 0) is 17.9 Å². The van der Waals surface area contributed by atoms with Gasteiger partial charge in [-0.25, -0.2) is 4.98 Å². The van der Waals surface area contributed by atoms with E-state index in [9.17, 15) is 4.79 Å². The number of fused-ring (bicyclic) bond motifs is 1. The summed E-state index contributed by atoms with van der Waals surface area (Å²) in [6.45, 7) is 4.69. The van der Waals surface area contributed by atoms with Gasteiger partial charge in [0.2, 0.25) is 5.91 Å². The van der Waals surface area contributed by atoms with E-state index in [4.69, 9.17) is 21.3 Å². The summed E-state index contributed by atoms with van der Waals surface area (Å²) in [5.41, 5.74) is 4.39. The predicted molar refractivity (Wildman–Crippen MR) is 169 cm³/mol. The summed E-state index contributed by atoms with van der Waals surface area (Å²) in [7, 11) is 0. The van der Waals surface area contributed by atoms with Crippen LogP contribution in [0, 0.1) is 30.1 Å². The first-order valence-electron chi connectivity index (χ1n) is 14.3. The minimum atomic E-state index is -0.180. The Bertz CT molecular complexity index is 1420. The number of rotatable bonds is 9. The Kier molecular flexibility index (Phi) is 7.96. The van der Waals surface area contributed by atoms with E-state index in [1.54, 1.807) is 12.4 Å². The lowest BCUT2D eigenvalue weighted by Gasteiger charge is -2.55. The molecule has 0 spiro atoms. The fourth-order valence-electron chi connectivity index (χ4n) is 7.76. The monoisotopic (exact) mass is 670 g/mol. The molecule has 2 heterocycles. The van der Waals surface area contributed by atoms with Crippen molar-refractivity contribution in [3.8, 4) is 5.75 Å². The summed E-state index contributed by atoms with van der Waals surface area (Å²) in [6, 6.07) is 8.14. The van der Waals surface area contributed by atoms with E-state index in [-0.39, 0.29) is 17.9 Å². The van der Waals surface area contributed by atoms with E-state index >= 15 is 0 Å². The van der Waals surface area contributed by atoms with Gasteiger partial charge < -0.3 is 15.0 Å². The van der Waals surface area contributed by atoms with Gasteiger partial charge in [0.15, 0.2) is 0 Å². The quantitative estimate of drug-likeness (QED) is 0.143. The number of allylic oxidation sites excluding steroid dienone is 1. The molecule has 40 heavy (non-hydrogen) atoms. The van der Waals surface area contributed by atoms with E-state index in [0.717, 1.165) is 75.0 Å². The number of carbonyl (C=O) groups is 1. The smallest absolute Gasteiger partial charge is 0.226 e. The highest BCUT2D eigenvalue weighted by Crippen LogP contribution is 2.60. The lowest BCUT2D eigenvalue weighted by Crippen LogP contribution is -2.53. The van der Waals surface area contributed by atoms with Crippen LogP contribution >= 0.6 is 34.2 Å². The molecule has 1 N–H and O–H groups in total. The van der Waals surface area contributed by atoms with Gasteiger partial charge >= 0.3 is 0 Å². The molecule has 0 atom stereocenters. The Hall–Kier alpha value is -2.39. The molecule has 4 bridgehead atoms. The minimum Gasteiger partial charge on any atom is -0.487 e. The molecule has 1 amide bonds. The van der Waals surface area contributed by atoms with Gasteiger partial charge in [0.25, 0.3) is 0 Å². The van der Waals surface area contributed by atoms with Crippen LogP contribution in [0.2, 0.25) is 5.02 Å². The average Bonchev–Trinajstić information content (AvgIpc) is 2.93. The Balaban J connectivity index is 1.21. The van der Waals surface area contributed by atoms with E-state index in [1.165, 1.54) is 19.3 Å². The molecule has 8 heteroatoms. The van der Waals surface area contributed by atoms with Gasteiger partial charge in [0.05, 0.1) is 15.3 Å². The molecule has 0 saturated heterocycles. The Morgan fingerprint density at radius 2 is 1.93 bits per heavy atom. The molecule has 4 fully saturated rings. The number of nitrogens with zero attached hydrogens (tertiary/aromatic N) is 3. The van der Waals surface area contributed by atoms with Gasteiger partial charge in [0.1, 0.15) is 17.9 Å². The molecule has 1 aromatic carbocycles. The zero-order chi connectivity index (χ0) is 27.9. The van der Waals surface area contributed by atoms with Crippen LogP contribution in [0.25, 0.3) is 10.9 Å². The molecule has 0 radical (unpaired) electrons. The maximum absolute atomic E-state index is 13.6. The van der Waals surface area contributed by atoms with Gasteiger partial charge in [-0.3, -0.25) is 9.78 Å². The lowest BCUT2D eigenvalue weighted by atomic mass is 9.49. The Labute approximate surface area is 255 Å². The van der Waals surface area contributed by atoms with Crippen LogP contribution in [0.1, 0.15) is 62.3 Å². The summed E-state index contributed by atoms with van der Waals surface area (Å²) in [5, 5.41) is 4.85. The first-order chi connectivity index (χ1) is 19.4. The molecule has 6 nitrogen and oxygen atoms in total. The van der Waals surface area contributed by atoms with E-state index in [0.29, 0.717) is 17.3 Å². The molecule has 2 aromatic heterocycles. The number of hydrogen-bond acceptors (Lipinski definition) is 5. The van der Waals surface area contributed by atoms with Crippen molar-refractivity contribution in [2.75, 3.05) is 9.45 Å². The maximum atomic E-state index is 13.6. The van der Waals surface area contributed by atoms with Gasteiger partial charge in [-0.05, 0) is 87.8 Å². The van der Waals surface area contributed by atoms with Crippen molar-refractivity contribution in [3.63, 3.8) is 0 Å². The van der Waals surface area contributed by atoms with Crippen molar-refractivity contribution in [3.05, 3.63) is 70.8 Å². The standard InChI is InChI=1S/C32H36ClIN4O2/c1-3-7-38(19-34)28-8-20(2)37-30-25(28)5-4-6-29(30)40-18-26-24(15-35-17-27(26)33)16-36-31(39)32-12-21-9-22(13-32)11-23(10-21)14-32/h3-8,15,17,21-23H,9-14,16,18-19H2,1-2H3,(H,36,39)/b7-3-. The number of benzene rings is 1. The summed E-state index contributed by atoms with van der Waals surface area (Å²) >= 11 is 9.02. The molecule has 4 aliphatic rings. The summed E-state index contributed by atoms with van der Waals surface area (Å²) in [4.78, 5) is 24.9. The summed E-state index contributed by atoms with van der Waals surface area (Å²) in [5.74, 6) is 3.10. The molecule has 7 rings (SSSR count). The zero-order valence-corrected chi connectivity index (χ0v) is 26.0. The first-order valence-corrected chi connectivity index (χ1v) is 16.2. The fraction of sp³-hybridized carbons (Fsp3) is 0.469. The van der Waals surface area contributed by atoms with Gasteiger partial charge in [-0.15, -0.1) is 0 Å². The number of alkyl halides is 1. The molecule has 0 aliphatic heterocycles. The normalized spacial score (nSPS) is 25.1.